The Morgan fingerprint density at radius 1 is 0.429 bits per heavy atom. The van der Waals surface area contributed by atoms with Crippen LogP contribution in [0.1, 0.15) is 0 Å². The van der Waals surface area contributed by atoms with Crippen LogP contribution in [0.5, 0.6) is 0 Å². The lowest BCUT2D eigenvalue weighted by atomic mass is 10.0. The van der Waals surface area contributed by atoms with Gasteiger partial charge in [-0.05, 0) is 83.6 Å². The van der Waals surface area contributed by atoms with Crippen molar-refractivity contribution in [3.63, 3.8) is 0 Å². The molecule has 0 saturated heterocycles. The molecule has 4 nitrogen and oxygen atoms in total. The van der Waals surface area contributed by atoms with E-state index in [0.29, 0.717) is 0 Å². The van der Waals surface area contributed by atoms with Crippen LogP contribution in [0.3, 0.4) is 0 Å². The molecular weight excluding hydrogens is 512 g/mol. The maximum absolute atomic E-state index is 5.13. The summed E-state index contributed by atoms with van der Waals surface area (Å²) in [5.74, 6) is 0.900. The Hall–Kier alpha value is -5.74. The molecule has 0 amide bonds. The lowest BCUT2D eigenvalue weighted by Crippen LogP contribution is -1.98. The Morgan fingerprint density at radius 3 is 1.71 bits per heavy atom. The fourth-order valence-corrected chi connectivity index (χ4v) is 6.51. The van der Waals surface area contributed by atoms with Crippen LogP contribution in [0.4, 0.5) is 0 Å². The molecule has 0 spiro atoms. The molecule has 0 fully saturated rings. The topological polar surface area (TPSA) is 35.6 Å². The zero-order valence-corrected chi connectivity index (χ0v) is 22.6. The Balaban J connectivity index is 1.36. The number of pyridine rings is 2. The van der Waals surface area contributed by atoms with Gasteiger partial charge in [-0.1, -0.05) is 60.7 Å². The summed E-state index contributed by atoms with van der Waals surface area (Å²) in [5.41, 5.74) is 7.86. The summed E-state index contributed by atoms with van der Waals surface area (Å²) < 4.78 is 4.68. The van der Waals surface area contributed by atoms with Crippen molar-refractivity contribution in [3.05, 3.63) is 146 Å². The Morgan fingerprint density at radius 2 is 1.02 bits per heavy atom. The molecule has 4 heteroatoms. The van der Waals surface area contributed by atoms with Crippen molar-refractivity contribution >= 4 is 54.4 Å². The van der Waals surface area contributed by atoms with E-state index in [1.165, 1.54) is 49.0 Å². The van der Waals surface area contributed by atoms with E-state index in [1.807, 2.05) is 24.5 Å². The first-order valence-electron chi connectivity index (χ1n) is 14.2. The first kappa shape index (κ1) is 23.0. The van der Waals surface area contributed by atoms with Gasteiger partial charge in [0.1, 0.15) is 5.82 Å². The van der Waals surface area contributed by atoms with E-state index < -0.39 is 0 Å². The summed E-state index contributed by atoms with van der Waals surface area (Å²) in [4.78, 5) is 9.30. The molecule has 196 valence electrons. The van der Waals surface area contributed by atoms with Crippen molar-refractivity contribution in [2.45, 2.75) is 0 Å². The van der Waals surface area contributed by atoms with Crippen molar-refractivity contribution in [3.8, 4) is 22.8 Å². The van der Waals surface area contributed by atoms with Crippen LogP contribution in [0, 0.1) is 0 Å². The fourth-order valence-electron chi connectivity index (χ4n) is 6.51. The third kappa shape index (κ3) is 3.36. The highest BCUT2D eigenvalue weighted by Crippen LogP contribution is 2.39. The second-order valence-electron chi connectivity index (χ2n) is 10.7. The minimum atomic E-state index is 0.900. The molecule has 0 unspecified atom stereocenters. The summed E-state index contributed by atoms with van der Waals surface area (Å²) in [7, 11) is 0. The molecule has 42 heavy (non-hydrogen) atoms. The number of hydrogen-bond acceptors (Lipinski definition) is 2. The van der Waals surface area contributed by atoms with E-state index in [1.54, 1.807) is 0 Å². The Bertz CT molecular complexity index is 2450. The van der Waals surface area contributed by atoms with Crippen LogP contribution in [-0.4, -0.2) is 19.1 Å². The first-order valence-corrected chi connectivity index (χ1v) is 14.2. The van der Waals surface area contributed by atoms with Crippen molar-refractivity contribution in [2.75, 3.05) is 0 Å². The van der Waals surface area contributed by atoms with Gasteiger partial charge in [0.2, 0.25) is 0 Å². The van der Waals surface area contributed by atoms with Gasteiger partial charge >= 0.3 is 0 Å². The highest BCUT2D eigenvalue weighted by atomic mass is 15.1. The molecule has 9 rings (SSSR count). The van der Waals surface area contributed by atoms with Crippen molar-refractivity contribution in [1.29, 1.82) is 0 Å². The normalized spacial score (nSPS) is 11.8. The average molecular weight is 537 g/mol. The van der Waals surface area contributed by atoms with Crippen LogP contribution < -0.4 is 0 Å². The van der Waals surface area contributed by atoms with Gasteiger partial charge in [-0.15, -0.1) is 0 Å². The summed E-state index contributed by atoms with van der Waals surface area (Å²) in [6, 6.07) is 47.6. The molecule has 0 aliphatic rings. The van der Waals surface area contributed by atoms with E-state index in [-0.39, 0.29) is 0 Å². The molecule has 0 bridgehead atoms. The Kier molecular flexibility index (Phi) is 4.87. The number of benzene rings is 5. The maximum atomic E-state index is 5.13. The van der Waals surface area contributed by atoms with Gasteiger partial charge in [0.15, 0.2) is 0 Å². The largest absolute Gasteiger partial charge is 0.309 e. The van der Waals surface area contributed by atoms with E-state index in [2.05, 4.69) is 135 Å². The smallest absolute Gasteiger partial charge is 0.138 e. The molecule has 0 saturated carbocycles. The maximum Gasteiger partial charge on any atom is 0.138 e. The number of nitrogens with zero attached hydrogens (tertiary/aromatic N) is 4. The number of aromatic nitrogens is 4. The molecule has 0 atom stereocenters. The van der Waals surface area contributed by atoms with Crippen LogP contribution in [0.25, 0.3) is 77.1 Å². The van der Waals surface area contributed by atoms with Gasteiger partial charge in [-0.2, -0.15) is 0 Å². The van der Waals surface area contributed by atoms with Crippen LogP contribution in [0.2, 0.25) is 0 Å². The van der Waals surface area contributed by atoms with Gasteiger partial charge < -0.3 is 4.57 Å². The van der Waals surface area contributed by atoms with Gasteiger partial charge in [0, 0.05) is 45.2 Å². The quantitative estimate of drug-likeness (QED) is 0.225. The number of rotatable bonds is 3. The highest BCUT2D eigenvalue weighted by molar-refractivity contribution is 6.18. The van der Waals surface area contributed by atoms with Gasteiger partial charge in [-0.25, -0.2) is 4.98 Å². The molecule has 4 heterocycles. The summed E-state index contributed by atoms with van der Waals surface area (Å²) in [6.07, 6.45) is 3.62. The predicted molar refractivity (Wildman–Crippen MR) is 174 cm³/mol. The Labute approximate surface area is 241 Å². The molecule has 4 aromatic heterocycles. The molecule has 0 radical (unpaired) electrons. The minimum Gasteiger partial charge on any atom is -0.309 e. The number of hydrogen-bond donors (Lipinski definition) is 0. The van der Waals surface area contributed by atoms with Crippen molar-refractivity contribution in [1.82, 2.24) is 19.1 Å². The van der Waals surface area contributed by atoms with Crippen molar-refractivity contribution < 1.29 is 0 Å². The fraction of sp³-hybridized carbons (Fsp3) is 0. The molecule has 0 N–H and O–H groups in total. The monoisotopic (exact) mass is 536 g/mol. The summed E-state index contributed by atoms with van der Waals surface area (Å²) in [5, 5.41) is 7.37. The standard InChI is InChI=1S/C38H24N4/c1-2-9-28(10-3-1)41-34-14-6-4-11-29(34)31-21-27-24-37-32(22-26(27)23-36(31)41)30-12-5-7-15-35(30)42(37)38-16-8-13-33(40-38)25-17-19-39-20-18-25/h1-24H. The lowest BCUT2D eigenvalue weighted by molar-refractivity contribution is 1.08. The van der Waals surface area contributed by atoms with Crippen molar-refractivity contribution in [2.24, 2.45) is 0 Å². The van der Waals surface area contributed by atoms with Gasteiger partial charge in [0.25, 0.3) is 0 Å². The highest BCUT2D eigenvalue weighted by Gasteiger charge is 2.17. The molecule has 5 aromatic carbocycles. The lowest BCUT2D eigenvalue weighted by Gasteiger charge is -2.10. The summed E-state index contributed by atoms with van der Waals surface area (Å²) in [6.45, 7) is 0. The molecular formula is C38H24N4. The van der Waals surface area contributed by atoms with E-state index in [9.17, 15) is 0 Å². The molecule has 9 aromatic rings. The summed E-state index contributed by atoms with van der Waals surface area (Å²) >= 11 is 0. The second-order valence-corrected chi connectivity index (χ2v) is 10.7. The third-order valence-corrected chi connectivity index (χ3v) is 8.38. The van der Waals surface area contributed by atoms with Crippen LogP contribution >= 0.6 is 0 Å². The zero-order chi connectivity index (χ0) is 27.6. The minimum absolute atomic E-state index is 0.900. The van der Waals surface area contributed by atoms with E-state index >= 15 is 0 Å². The van der Waals surface area contributed by atoms with Gasteiger partial charge in [0.05, 0.1) is 27.8 Å². The van der Waals surface area contributed by atoms with Gasteiger partial charge in [-0.3, -0.25) is 9.55 Å². The SMILES string of the molecule is c1ccc(-n2c3ccccc3c3cc4cc5c(cc4cc32)c2ccccc2n5-c2cccc(-c3ccncc3)n2)cc1. The van der Waals surface area contributed by atoms with E-state index in [0.717, 1.165) is 28.1 Å². The van der Waals surface area contributed by atoms with E-state index in [4.69, 9.17) is 4.98 Å². The first-order chi connectivity index (χ1) is 20.8. The second kappa shape index (κ2) is 8.88. The third-order valence-electron chi connectivity index (χ3n) is 8.38. The van der Waals surface area contributed by atoms with Crippen LogP contribution in [-0.2, 0) is 0 Å². The number of para-hydroxylation sites is 3. The van der Waals surface area contributed by atoms with Crippen LogP contribution in [0.15, 0.2) is 146 Å². The average Bonchev–Trinajstić information content (AvgIpc) is 3.55. The predicted octanol–water partition coefficient (Wildman–Crippen LogP) is 9.49. The molecule has 0 aliphatic heterocycles. The molecule has 0 aliphatic carbocycles. The zero-order valence-electron chi connectivity index (χ0n) is 22.6. The number of fused-ring (bicyclic) bond motifs is 7.